The Morgan fingerprint density at radius 2 is 1.09 bits per heavy atom. The van der Waals surface area contributed by atoms with Crippen LogP contribution in [0.2, 0.25) is 0 Å². The Balaban J connectivity index is 2.33. The number of esters is 4. The van der Waals surface area contributed by atoms with Gasteiger partial charge in [-0.15, -0.1) is 0 Å². The van der Waals surface area contributed by atoms with E-state index in [0.29, 0.717) is 13.0 Å². The van der Waals surface area contributed by atoms with E-state index in [9.17, 15) is 24.3 Å². The summed E-state index contributed by atoms with van der Waals surface area (Å²) < 4.78 is 46.3. The van der Waals surface area contributed by atoms with E-state index in [0.717, 1.165) is 58.8 Å². The van der Waals surface area contributed by atoms with Gasteiger partial charge in [0.1, 0.15) is 12.2 Å². The first-order chi connectivity index (χ1) is 21.4. The van der Waals surface area contributed by atoms with Crippen molar-refractivity contribution in [2.24, 2.45) is 0 Å². The highest BCUT2D eigenvalue weighted by molar-refractivity contribution is 5.70. The summed E-state index contributed by atoms with van der Waals surface area (Å²) >= 11 is 0. The summed E-state index contributed by atoms with van der Waals surface area (Å²) in [6.07, 6.45) is -2.92. The second-order valence-electron chi connectivity index (χ2n) is 11.8. The standard InChI is InChI=1S/C32H54O13/c1-8-10-12-13-14-16-18-38-31-25(37)28(26(19(3)39-31)44-24(36)17-15-11-9-2)45-32-30(43-23(7)35)29(42-22(6)34)27(20(4)40-32)41-21(5)33/h19-20,25-32,37H,8-18H2,1-7H3/t19-,20-,25+,26-,27-,28-,29+,30+,31+,32-/m0/s1. The third-order valence-corrected chi connectivity index (χ3v) is 7.71. The van der Waals surface area contributed by atoms with Crippen LogP contribution in [-0.2, 0) is 57.1 Å². The van der Waals surface area contributed by atoms with Crippen molar-refractivity contribution in [1.82, 2.24) is 0 Å². The molecule has 0 aromatic rings. The summed E-state index contributed by atoms with van der Waals surface area (Å²) in [5.41, 5.74) is 0. The van der Waals surface area contributed by atoms with E-state index < -0.39 is 85.3 Å². The van der Waals surface area contributed by atoms with Crippen molar-refractivity contribution in [3.63, 3.8) is 0 Å². The van der Waals surface area contributed by atoms with Gasteiger partial charge in [-0.3, -0.25) is 19.2 Å². The molecular weight excluding hydrogens is 592 g/mol. The monoisotopic (exact) mass is 646 g/mol. The minimum atomic E-state index is -1.44. The zero-order valence-electron chi connectivity index (χ0n) is 27.9. The van der Waals surface area contributed by atoms with Gasteiger partial charge in [-0.1, -0.05) is 58.8 Å². The Hall–Kier alpha value is -2.32. The van der Waals surface area contributed by atoms with Gasteiger partial charge in [0.25, 0.3) is 0 Å². The van der Waals surface area contributed by atoms with Crippen LogP contribution in [0.25, 0.3) is 0 Å². The van der Waals surface area contributed by atoms with Crippen molar-refractivity contribution in [1.29, 1.82) is 0 Å². The number of unbranched alkanes of at least 4 members (excludes halogenated alkanes) is 7. The number of carbonyl (C=O) groups excluding carboxylic acids is 4. The van der Waals surface area contributed by atoms with Crippen LogP contribution in [0.3, 0.4) is 0 Å². The summed E-state index contributed by atoms with van der Waals surface area (Å²) in [5.74, 6) is -2.62. The first-order valence-electron chi connectivity index (χ1n) is 16.4. The molecule has 1 N–H and O–H groups in total. The number of aliphatic hydroxyl groups is 1. The second-order valence-corrected chi connectivity index (χ2v) is 11.8. The van der Waals surface area contributed by atoms with Crippen LogP contribution in [0.15, 0.2) is 0 Å². The molecule has 2 rings (SSSR count). The Morgan fingerprint density at radius 1 is 0.600 bits per heavy atom. The highest BCUT2D eigenvalue weighted by atomic mass is 16.8. The molecule has 2 saturated heterocycles. The van der Waals surface area contributed by atoms with Crippen molar-refractivity contribution in [2.75, 3.05) is 6.61 Å². The van der Waals surface area contributed by atoms with E-state index in [2.05, 4.69) is 6.92 Å². The van der Waals surface area contributed by atoms with Gasteiger partial charge in [0.2, 0.25) is 0 Å². The predicted octanol–water partition coefficient (Wildman–Crippen LogP) is 3.89. The summed E-state index contributed by atoms with van der Waals surface area (Å²) in [6, 6.07) is 0. The largest absolute Gasteiger partial charge is 0.457 e. The van der Waals surface area contributed by atoms with E-state index >= 15 is 0 Å². The third kappa shape index (κ3) is 12.8. The van der Waals surface area contributed by atoms with Crippen LogP contribution in [-0.4, -0.2) is 97.0 Å². The molecule has 10 atom stereocenters. The smallest absolute Gasteiger partial charge is 0.306 e. The molecule has 0 aromatic carbocycles. The van der Waals surface area contributed by atoms with Crippen LogP contribution in [0.1, 0.15) is 113 Å². The zero-order chi connectivity index (χ0) is 33.5. The van der Waals surface area contributed by atoms with E-state index in [4.69, 9.17) is 37.9 Å². The third-order valence-electron chi connectivity index (χ3n) is 7.71. The maximum Gasteiger partial charge on any atom is 0.306 e. The molecule has 0 saturated carbocycles. The zero-order valence-corrected chi connectivity index (χ0v) is 27.9. The molecule has 0 bridgehead atoms. The number of hydrogen-bond acceptors (Lipinski definition) is 13. The van der Waals surface area contributed by atoms with Gasteiger partial charge in [0.15, 0.2) is 37.0 Å². The molecule has 260 valence electrons. The molecule has 0 aliphatic carbocycles. The fourth-order valence-corrected chi connectivity index (χ4v) is 5.49. The first-order valence-corrected chi connectivity index (χ1v) is 16.4. The molecule has 2 aliphatic heterocycles. The van der Waals surface area contributed by atoms with Gasteiger partial charge < -0.3 is 43.0 Å². The number of ether oxygens (including phenoxy) is 8. The van der Waals surface area contributed by atoms with Crippen molar-refractivity contribution in [3.8, 4) is 0 Å². The number of aliphatic hydroxyl groups excluding tert-OH is 1. The minimum absolute atomic E-state index is 0.170. The average Bonchev–Trinajstić information content (AvgIpc) is 2.95. The molecular formula is C32H54O13. The van der Waals surface area contributed by atoms with Gasteiger partial charge in [-0.05, 0) is 26.7 Å². The number of carbonyl (C=O) groups is 4. The molecule has 0 amide bonds. The molecule has 13 nitrogen and oxygen atoms in total. The maximum absolute atomic E-state index is 12.8. The molecule has 2 fully saturated rings. The molecule has 0 spiro atoms. The lowest BCUT2D eigenvalue weighted by Crippen LogP contribution is -2.65. The second kappa shape index (κ2) is 20.0. The highest BCUT2D eigenvalue weighted by Crippen LogP contribution is 2.34. The Morgan fingerprint density at radius 3 is 1.69 bits per heavy atom. The number of hydrogen-bond donors (Lipinski definition) is 1. The molecule has 0 radical (unpaired) electrons. The molecule has 0 aromatic heterocycles. The quantitative estimate of drug-likeness (QED) is 0.130. The Kier molecular flexibility index (Phi) is 17.3. The first kappa shape index (κ1) is 38.9. The van der Waals surface area contributed by atoms with Crippen molar-refractivity contribution in [3.05, 3.63) is 0 Å². The SMILES string of the molecule is CCCCCCCCO[C@@H]1O[C@@H](C)[C@H](OC(=O)CCCCC)[C@@H](O[C@@H]2O[C@@H](C)[C@H](OC(C)=O)[C@@H](OC(C)=O)[C@H]2OC(C)=O)[C@H]1O. The van der Waals surface area contributed by atoms with Crippen molar-refractivity contribution in [2.45, 2.75) is 174 Å². The van der Waals surface area contributed by atoms with E-state index in [1.807, 2.05) is 6.92 Å². The van der Waals surface area contributed by atoms with E-state index in [1.165, 1.54) is 13.3 Å². The topological polar surface area (TPSA) is 162 Å². The fourth-order valence-electron chi connectivity index (χ4n) is 5.49. The molecule has 45 heavy (non-hydrogen) atoms. The van der Waals surface area contributed by atoms with Crippen LogP contribution in [0.5, 0.6) is 0 Å². The molecule has 13 heteroatoms. The molecule has 2 heterocycles. The normalized spacial score (nSPS) is 31.6. The minimum Gasteiger partial charge on any atom is -0.457 e. The lowest BCUT2D eigenvalue weighted by Gasteiger charge is -2.47. The van der Waals surface area contributed by atoms with Crippen LogP contribution in [0.4, 0.5) is 0 Å². The van der Waals surface area contributed by atoms with Crippen molar-refractivity contribution >= 4 is 23.9 Å². The van der Waals surface area contributed by atoms with Crippen LogP contribution in [0, 0.1) is 0 Å². The summed E-state index contributed by atoms with van der Waals surface area (Å²) in [6.45, 7) is 11.3. The van der Waals surface area contributed by atoms with Gasteiger partial charge in [-0.2, -0.15) is 0 Å². The summed E-state index contributed by atoms with van der Waals surface area (Å²) in [5, 5.41) is 11.5. The van der Waals surface area contributed by atoms with Gasteiger partial charge in [-0.25, -0.2) is 0 Å². The lowest BCUT2D eigenvalue weighted by atomic mass is 9.96. The number of rotatable bonds is 18. The van der Waals surface area contributed by atoms with Crippen molar-refractivity contribution < 1.29 is 62.2 Å². The predicted molar refractivity (Wildman–Crippen MR) is 160 cm³/mol. The van der Waals surface area contributed by atoms with E-state index in [-0.39, 0.29) is 6.42 Å². The van der Waals surface area contributed by atoms with Crippen LogP contribution >= 0.6 is 0 Å². The molecule has 2 aliphatic rings. The van der Waals surface area contributed by atoms with Gasteiger partial charge in [0.05, 0.1) is 12.2 Å². The van der Waals surface area contributed by atoms with Crippen LogP contribution < -0.4 is 0 Å². The molecule has 0 unspecified atom stereocenters. The Bertz CT molecular complexity index is 927. The average molecular weight is 647 g/mol. The fraction of sp³-hybridized carbons (Fsp3) is 0.875. The lowest BCUT2D eigenvalue weighted by molar-refractivity contribution is -0.355. The highest BCUT2D eigenvalue weighted by Gasteiger charge is 2.55. The summed E-state index contributed by atoms with van der Waals surface area (Å²) in [7, 11) is 0. The van der Waals surface area contributed by atoms with Gasteiger partial charge >= 0.3 is 23.9 Å². The summed E-state index contributed by atoms with van der Waals surface area (Å²) in [4.78, 5) is 48.9. The Labute approximate surface area is 266 Å². The van der Waals surface area contributed by atoms with E-state index in [1.54, 1.807) is 13.8 Å². The van der Waals surface area contributed by atoms with Gasteiger partial charge in [0, 0.05) is 33.8 Å². The maximum atomic E-state index is 12.8.